The SMILES string of the molecule is CCn1c(=O)c2nc(CC(=O)CC(C)CC(=O)Cc3ccc(C#N)c(Cl)c3)ccc2n(CC)c1=O. The van der Waals surface area contributed by atoms with Gasteiger partial charge in [-0.25, -0.2) is 9.78 Å². The molecular formula is C26H27ClN4O4. The van der Waals surface area contributed by atoms with Crippen LogP contribution in [-0.2, 0) is 35.5 Å². The predicted octanol–water partition coefficient (Wildman–Crippen LogP) is 3.46. The lowest BCUT2D eigenvalue weighted by molar-refractivity contribution is -0.121. The Labute approximate surface area is 207 Å². The average molecular weight is 495 g/mol. The third-order valence-electron chi connectivity index (χ3n) is 5.85. The van der Waals surface area contributed by atoms with Gasteiger partial charge in [-0.1, -0.05) is 24.6 Å². The second-order valence-corrected chi connectivity index (χ2v) is 9.02. The molecule has 3 aromatic rings. The Balaban J connectivity index is 1.66. The monoisotopic (exact) mass is 494 g/mol. The van der Waals surface area contributed by atoms with Crippen LogP contribution in [0.1, 0.15) is 50.4 Å². The molecule has 0 bridgehead atoms. The van der Waals surface area contributed by atoms with Crippen molar-refractivity contribution in [2.45, 2.75) is 59.5 Å². The highest BCUT2D eigenvalue weighted by Gasteiger charge is 2.17. The zero-order chi connectivity index (χ0) is 25.7. The molecule has 0 saturated carbocycles. The third-order valence-corrected chi connectivity index (χ3v) is 6.16. The van der Waals surface area contributed by atoms with Crippen LogP contribution in [0.4, 0.5) is 0 Å². The van der Waals surface area contributed by atoms with Gasteiger partial charge in [-0.3, -0.25) is 23.5 Å². The van der Waals surface area contributed by atoms with Gasteiger partial charge in [0.1, 0.15) is 17.6 Å². The maximum atomic E-state index is 12.7. The van der Waals surface area contributed by atoms with E-state index in [4.69, 9.17) is 16.9 Å². The number of benzene rings is 1. The number of ketones is 2. The van der Waals surface area contributed by atoms with E-state index in [2.05, 4.69) is 4.98 Å². The molecule has 2 aromatic heterocycles. The summed E-state index contributed by atoms with van der Waals surface area (Å²) in [6.45, 7) is 6.02. The standard InChI is InChI=1S/C26H27ClN4O4/c1-4-30-23-9-8-19(29-24(23)25(34)31(5-2)26(30)35)14-21(33)11-16(3)10-20(32)12-17-6-7-18(15-28)22(27)13-17/h6-9,13,16H,4-5,10-12,14H2,1-3H3. The maximum absolute atomic E-state index is 12.7. The molecule has 8 nitrogen and oxygen atoms in total. The van der Waals surface area contributed by atoms with Crippen LogP contribution in [0.25, 0.3) is 11.0 Å². The van der Waals surface area contributed by atoms with Gasteiger partial charge in [0.05, 0.1) is 16.1 Å². The van der Waals surface area contributed by atoms with E-state index in [1.165, 1.54) is 4.57 Å². The number of fused-ring (bicyclic) bond motifs is 1. The second kappa shape index (κ2) is 11.2. The molecule has 0 aliphatic heterocycles. The predicted molar refractivity (Wildman–Crippen MR) is 134 cm³/mol. The van der Waals surface area contributed by atoms with Crippen molar-refractivity contribution >= 4 is 34.2 Å². The van der Waals surface area contributed by atoms with E-state index in [0.29, 0.717) is 28.3 Å². The van der Waals surface area contributed by atoms with Crippen molar-refractivity contribution in [3.63, 3.8) is 0 Å². The molecule has 0 amide bonds. The molecule has 0 radical (unpaired) electrons. The second-order valence-electron chi connectivity index (χ2n) is 8.62. The Kier molecular flexibility index (Phi) is 8.36. The Bertz CT molecular complexity index is 1450. The first-order valence-electron chi connectivity index (χ1n) is 11.5. The molecule has 0 N–H and O–H groups in total. The first-order chi connectivity index (χ1) is 16.7. The third kappa shape index (κ3) is 5.92. The van der Waals surface area contributed by atoms with Crippen molar-refractivity contribution < 1.29 is 9.59 Å². The van der Waals surface area contributed by atoms with Gasteiger partial charge in [-0.15, -0.1) is 0 Å². The van der Waals surface area contributed by atoms with E-state index in [0.717, 1.165) is 10.1 Å². The zero-order valence-corrected chi connectivity index (χ0v) is 20.8. The highest BCUT2D eigenvalue weighted by Crippen LogP contribution is 2.19. The number of carbonyl (C=O) groups excluding carboxylic acids is 2. The number of hydrogen-bond acceptors (Lipinski definition) is 6. The van der Waals surface area contributed by atoms with Gasteiger partial charge in [-0.05, 0) is 49.6 Å². The van der Waals surface area contributed by atoms with Crippen LogP contribution in [-0.4, -0.2) is 25.7 Å². The lowest BCUT2D eigenvalue weighted by Gasteiger charge is -2.12. The molecule has 9 heteroatoms. The van der Waals surface area contributed by atoms with Crippen LogP contribution in [0.3, 0.4) is 0 Å². The Hall–Kier alpha value is -3.57. The van der Waals surface area contributed by atoms with E-state index in [-0.39, 0.29) is 60.9 Å². The fraction of sp³-hybridized carbons (Fsp3) is 0.385. The Morgan fingerprint density at radius 3 is 2.29 bits per heavy atom. The van der Waals surface area contributed by atoms with E-state index in [1.54, 1.807) is 37.3 Å². The summed E-state index contributed by atoms with van der Waals surface area (Å²) in [6, 6.07) is 10.2. The number of halogens is 1. The number of aryl methyl sites for hydroxylation is 1. The minimum absolute atomic E-state index is 0.0208. The van der Waals surface area contributed by atoms with E-state index in [9.17, 15) is 19.2 Å². The first-order valence-corrected chi connectivity index (χ1v) is 11.9. The molecule has 182 valence electrons. The number of nitriles is 1. The molecule has 3 rings (SSSR count). The van der Waals surface area contributed by atoms with E-state index >= 15 is 0 Å². The highest BCUT2D eigenvalue weighted by atomic mass is 35.5. The molecule has 0 aliphatic carbocycles. The summed E-state index contributed by atoms with van der Waals surface area (Å²) in [5.41, 5.74) is 1.31. The molecule has 2 heterocycles. The quantitative estimate of drug-likeness (QED) is 0.426. The number of hydrogen-bond donors (Lipinski definition) is 0. The molecule has 0 aliphatic rings. The molecule has 1 atom stereocenters. The van der Waals surface area contributed by atoms with Crippen molar-refractivity contribution in [3.05, 3.63) is 73.0 Å². The van der Waals surface area contributed by atoms with Crippen LogP contribution in [0, 0.1) is 17.2 Å². The minimum atomic E-state index is -0.464. The fourth-order valence-electron chi connectivity index (χ4n) is 4.20. The smallest absolute Gasteiger partial charge is 0.299 e. The molecule has 1 aromatic carbocycles. The highest BCUT2D eigenvalue weighted by molar-refractivity contribution is 6.31. The number of Topliss-reactive ketones (excluding diaryl/α,β-unsaturated/α-hetero) is 2. The van der Waals surface area contributed by atoms with Gasteiger partial charge in [0.25, 0.3) is 5.56 Å². The van der Waals surface area contributed by atoms with Crippen molar-refractivity contribution in [2.24, 2.45) is 5.92 Å². The van der Waals surface area contributed by atoms with Gasteiger partial charge in [-0.2, -0.15) is 5.26 Å². The van der Waals surface area contributed by atoms with Crippen molar-refractivity contribution in [2.75, 3.05) is 0 Å². The van der Waals surface area contributed by atoms with Crippen molar-refractivity contribution in [1.29, 1.82) is 5.26 Å². The van der Waals surface area contributed by atoms with Gasteiger partial charge >= 0.3 is 5.69 Å². The summed E-state index contributed by atoms with van der Waals surface area (Å²) in [4.78, 5) is 54.8. The molecule has 0 spiro atoms. The largest absolute Gasteiger partial charge is 0.331 e. The van der Waals surface area contributed by atoms with Crippen molar-refractivity contribution in [3.8, 4) is 6.07 Å². The van der Waals surface area contributed by atoms with Gasteiger partial charge in [0.2, 0.25) is 0 Å². The summed E-state index contributed by atoms with van der Waals surface area (Å²) < 4.78 is 2.63. The van der Waals surface area contributed by atoms with Gasteiger partial charge in [0, 0.05) is 44.5 Å². The van der Waals surface area contributed by atoms with Crippen LogP contribution >= 0.6 is 11.6 Å². The molecule has 35 heavy (non-hydrogen) atoms. The lowest BCUT2D eigenvalue weighted by Crippen LogP contribution is -2.39. The normalized spacial score (nSPS) is 11.9. The number of aromatic nitrogens is 3. The van der Waals surface area contributed by atoms with E-state index < -0.39 is 5.56 Å². The molecule has 0 saturated heterocycles. The Morgan fingerprint density at radius 1 is 1.03 bits per heavy atom. The summed E-state index contributed by atoms with van der Waals surface area (Å²) in [5.74, 6) is -0.266. The molecular weight excluding hydrogens is 468 g/mol. The van der Waals surface area contributed by atoms with E-state index in [1.807, 2.05) is 19.9 Å². The van der Waals surface area contributed by atoms with Crippen LogP contribution in [0.2, 0.25) is 5.02 Å². The van der Waals surface area contributed by atoms with Crippen LogP contribution < -0.4 is 11.2 Å². The van der Waals surface area contributed by atoms with Crippen LogP contribution in [0.15, 0.2) is 39.9 Å². The topological polar surface area (TPSA) is 115 Å². The minimum Gasteiger partial charge on any atom is -0.299 e. The summed E-state index contributed by atoms with van der Waals surface area (Å²) >= 11 is 6.03. The number of carbonyl (C=O) groups is 2. The fourth-order valence-corrected chi connectivity index (χ4v) is 4.44. The zero-order valence-electron chi connectivity index (χ0n) is 20.0. The number of nitrogens with zero attached hydrogens (tertiary/aromatic N) is 4. The summed E-state index contributed by atoms with van der Waals surface area (Å²) in [7, 11) is 0. The average Bonchev–Trinajstić information content (AvgIpc) is 2.80. The van der Waals surface area contributed by atoms with Crippen LogP contribution in [0.5, 0.6) is 0 Å². The molecule has 1 unspecified atom stereocenters. The lowest BCUT2D eigenvalue weighted by atomic mass is 9.94. The number of pyridine rings is 1. The van der Waals surface area contributed by atoms with Crippen molar-refractivity contribution in [1.82, 2.24) is 14.1 Å². The molecule has 0 fully saturated rings. The maximum Gasteiger partial charge on any atom is 0.331 e. The van der Waals surface area contributed by atoms with Gasteiger partial charge in [0.15, 0.2) is 5.52 Å². The van der Waals surface area contributed by atoms with Gasteiger partial charge < -0.3 is 0 Å². The first kappa shape index (κ1) is 26.0. The summed E-state index contributed by atoms with van der Waals surface area (Å²) in [5, 5.41) is 9.27. The Morgan fingerprint density at radius 2 is 1.69 bits per heavy atom. The summed E-state index contributed by atoms with van der Waals surface area (Å²) in [6.07, 6.45) is 0.654. The number of rotatable bonds is 10.